The number of benzene rings is 3. The number of carbonyl (C=O) groups excluding carboxylic acids is 4. The summed E-state index contributed by atoms with van der Waals surface area (Å²) in [5, 5.41) is 11.2. The van der Waals surface area contributed by atoms with Gasteiger partial charge in [-0.15, -0.1) is 0 Å². The van der Waals surface area contributed by atoms with Gasteiger partial charge in [-0.25, -0.2) is 15.0 Å². The first kappa shape index (κ1) is 56.5. The van der Waals surface area contributed by atoms with E-state index in [1.807, 2.05) is 89.7 Å². The van der Waals surface area contributed by atoms with Gasteiger partial charge in [0.2, 0.25) is 17.7 Å². The zero-order chi connectivity index (χ0) is 55.6. The molecule has 7 heterocycles. The van der Waals surface area contributed by atoms with E-state index in [4.69, 9.17) is 22.3 Å². The summed E-state index contributed by atoms with van der Waals surface area (Å²) < 4.78 is 0. The SMILES string of the molecule is CCc1cccc(-c2cnc(C(=O)N3CCN(CC4CCN(CC(=O)N5CCN(CCC(NC(=O)C6(N)CCN(c7ncnc8[nH]ccc78)CC6)c6ccc(Cl)cc6)CC5)CC4)CC3)c(NC(=O)CNCc3cccc(C)c3)c2)c1. The average molecular weight is 1110 g/mol. The number of nitrogens with two attached hydrogens (primary N) is 1. The Morgan fingerprint density at radius 2 is 1.50 bits per heavy atom. The van der Waals surface area contributed by atoms with Crippen LogP contribution < -0.4 is 26.6 Å². The number of piperazine rings is 2. The first-order valence-corrected chi connectivity index (χ1v) is 29.0. The van der Waals surface area contributed by atoms with Gasteiger partial charge >= 0.3 is 0 Å². The van der Waals surface area contributed by atoms with Crippen molar-refractivity contribution in [3.05, 3.63) is 137 Å². The van der Waals surface area contributed by atoms with E-state index in [1.165, 1.54) is 5.56 Å². The fraction of sp³-hybridized carbons (Fsp3) is 0.459. The van der Waals surface area contributed by atoms with E-state index in [-0.39, 0.29) is 41.9 Å². The molecular formula is C61H77ClN14O4. The van der Waals surface area contributed by atoms with E-state index < -0.39 is 5.54 Å². The molecule has 0 saturated carbocycles. The zero-order valence-electron chi connectivity index (χ0n) is 46.3. The molecule has 3 aromatic carbocycles. The van der Waals surface area contributed by atoms with Gasteiger partial charge in [0, 0.05) is 108 Å². The van der Waals surface area contributed by atoms with Gasteiger partial charge < -0.3 is 41.4 Å². The lowest BCUT2D eigenvalue weighted by atomic mass is 9.87. The van der Waals surface area contributed by atoms with Gasteiger partial charge in [-0.05, 0) is 111 Å². The van der Waals surface area contributed by atoms with Crippen LogP contribution >= 0.6 is 11.6 Å². The number of nitrogens with zero attached hydrogens (tertiary/aromatic N) is 9. The summed E-state index contributed by atoms with van der Waals surface area (Å²) in [6.07, 6.45) is 9.77. The number of rotatable bonds is 19. The van der Waals surface area contributed by atoms with Crippen LogP contribution in [0.4, 0.5) is 11.5 Å². The van der Waals surface area contributed by atoms with Gasteiger partial charge in [0.25, 0.3) is 5.91 Å². The number of halogens is 1. The van der Waals surface area contributed by atoms with Crippen molar-refractivity contribution < 1.29 is 19.2 Å². The molecule has 6 aromatic rings. The highest BCUT2D eigenvalue weighted by molar-refractivity contribution is 6.30. The zero-order valence-corrected chi connectivity index (χ0v) is 47.1. The van der Waals surface area contributed by atoms with E-state index in [0.717, 1.165) is 116 Å². The smallest absolute Gasteiger partial charge is 0.274 e. The Bertz CT molecular complexity index is 3090. The van der Waals surface area contributed by atoms with Crippen molar-refractivity contribution in [3.63, 3.8) is 0 Å². The first-order valence-electron chi connectivity index (χ1n) is 28.6. The van der Waals surface area contributed by atoms with Crippen LogP contribution in [0.1, 0.15) is 77.8 Å². The van der Waals surface area contributed by atoms with Crippen LogP contribution in [-0.4, -0.2) is 178 Å². The molecule has 4 amide bonds. The third-order valence-electron chi connectivity index (χ3n) is 16.7. The minimum absolute atomic E-state index is 0.0890. The molecule has 422 valence electrons. The number of fused-ring (bicyclic) bond motifs is 1. The topological polar surface area (TPSA) is 204 Å². The number of likely N-dealkylation sites (tertiary alicyclic amines) is 1. The first-order chi connectivity index (χ1) is 38.9. The van der Waals surface area contributed by atoms with Gasteiger partial charge in [-0.2, -0.15) is 0 Å². The van der Waals surface area contributed by atoms with Gasteiger partial charge in [-0.1, -0.05) is 84.8 Å². The summed E-state index contributed by atoms with van der Waals surface area (Å²) in [5.74, 6) is 0.972. The van der Waals surface area contributed by atoms with E-state index >= 15 is 0 Å². The van der Waals surface area contributed by atoms with Crippen LogP contribution in [0.3, 0.4) is 0 Å². The summed E-state index contributed by atoms with van der Waals surface area (Å²) in [7, 11) is 0. The van der Waals surface area contributed by atoms with Gasteiger partial charge in [0.15, 0.2) is 5.69 Å². The minimum Gasteiger partial charge on any atom is -0.356 e. The molecule has 4 aliphatic rings. The molecular weight excluding hydrogens is 1030 g/mol. The molecule has 0 aliphatic carbocycles. The Labute approximate surface area is 474 Å². The Morgan fingerprint density at radius 1 is 0.775 bits per heavy atom. The molecule has 4 saturated heterocycles. The van der Waals surface area contributed by atoms with Gasteiger partial charge in [0.05, 0.1) is 35.7 Å². The molecule has 4 fully saturated rings. The predicted molar refractivity (Wildman–Crippen MR) is 314 cm³/mol. The third-order valence-corrected chi connectivity index (χ3v) is 17.0. The number of amides is 4. The predicted octanol–water partition coefficient (Wildman–Crippen LogP) is 6.13. The van der Waals surface area contributed by atoms with E-state index in [2.05, 4.69) is 75.6 Å². The molecule has 3 aromatic heterocycles. The molecule has 0 radical (unpaired) electrons. The van der Waals surface area contributed by atoms with Crippen molar-refractivity contribution in [1.29, 1.82) is 0 Å². The molecule has 1 atom stereocenters. The molecule has 6 N–H and O–H groups in total. The van der Waals surface area contributed by atoms with Crippen molar-refractivity contribution in [2.45, 2.75) is 70.5 Å². The lowest BCUT2D eigenvalue weighted by Gasteiger charge is -2.40. The maximum absolute atomic E-state index is 14.2. The molecule has 4 aliphatic heterocycles. The van der Waals surface area contributed by atoms with Crippen molar-refractivity contribution in [2.75, 3.05) is 115 Å². The molecule has 1 unspecified atom stereocenters. The number of pyridine rings is 1. The van der Waals surface area contributed by atoms with Crippen molar-refractivity contribution in [1.82, 2.24) is 55.1 Å². The number of aryl methyl sites for hydroxylation is 2. The number of aromatic amines is 1. The molecule has 0 bridgehead atoms. The molecule has 0 spiro atoms. The molecule has 19 heteroatoms. The van der Waals surface area contributed by atoms with Crippen LogP contribution in [0, 0.1) is 12.8 Å². The van der Waals surface area contributed by atoms with Gasteiger partial charge in [0.1, 0.15) is 17.8 Å². The quantitative estimate of drug-likeness (QED) is 0.0620. The largest absolute Gasteiger partial charge is 0.356 e. The summed E-state index contributed by atoms with van der Waals surface area (Å²) in [6, 6.07) is 27.7. The Morgan fingerprint density at radius 3 is 2.25 bits per heavy atom. The minimum atomic E-state index is -1.02. The van der Waals surface area contributed by atoms with Crippen molar-refractivity contribution in [3.8, 4) is 11.1 Å². The van der Waals surface area contributed by atoms with E-state index in [9.17, 15) is 19.2 Å². The number of hydrogen-bond donors (Lipinski definition) is 5. The van der Waals surface area contributed by atoms with Crippen LogP contribution in [0.5, 0.6) is 0 Å². The van der Waals surface area contributed by atoms with Crippen LogP contribution in [0.15, 0.2) is 104 Å². The van der Waals surface area contributed by atoms with E-state index in [1.54, 1.807) is 12.5 Å². The van der Waals surface area contributed by atoms with Gasteiger partial charge in [-0.3, -0.25) is 33.9 Å². The molecule has 10 rings (SSSR count). The summed E-state index contributed by atoms with van der Waals surface area (Å²) in [5.41, 5.74) is 13.6. The lowest BCUT2D eigenvalue weighted by Crippen LogP contribution is -2.60. The summed E-state index contributed by atoms with van der Waals surface area (Å²) in [4.78, 5) is 85.2. The highest BCUT2D eigenvalue weighted by Crippen LogP contribution is 2.31. The fourth-order valence-electron chi connectivity index (χ4n) is 11.8. The standard InChI is InChI=1S/C61H77ClN14O4/c1-3-44-7-5-9-48(35-44)49-36-53(69-54(77)39-64-37-46-8-4-6-43(2)34-46)56(66-38-49)59(79)76-32-28-73(29-33-76)40-45-15-21-72(22-16-45)41-55(78)74-30-26-71(27-31-74)23-17-52(47-10-12-50(62)13-11-47)70-60(80)61(63)18-24-75(25-19-61)58-51-14-20-65-57(51)67-42-68-58/h4-14,20,34-36,38,42,45,52,64H,3,15-19,21-33,37,39-41,63H2,1-2H3,(H,69,77)(H,70,80)(H,65,67,68). The van der Waals surface area contributed by atoms with Crippen LogP contribution in [0.25, 0.3) is 22.2 Å². The number of aromatic nitrogens is 4. The van der Waals surface area contributed by atoms with Crippen molar-refractivity contribution >= 4 is 57.8 Å². The number of anilines is 2. The Hall–Kier alpha value is -6.80. The third kappa shape index (κ3) is 14.2. The highest BCUT2D eigenvalue weighted by Gasteiger charge is 2.40. The summed E-state index contributed by atoms with van der Waals surface area (Å²) >= 11 is 6.29. The van der Waals surface area contributed by atoms with Crippen LogP contribution in [-0.2, 0) is 27.3 Å². The number of piperidine rings is 2. The number of nitrogens with one attached hydrogen (secondary N) is 4. The molecule has 80 heavy (non-hydrogen) atoms. The lowest BCUT2D eigenvalue weighted by molar-refractivity contribution is -0.134. The second kappa shape index (κ2) is 26.2. The summed E-state index contributed by atoms with van der Waals surface area (Å²) in [6.45, 7) is 15.5. The molecule has 18 nitrogen and oxygen atoms in total. The maximum Gasteiger partial charge on any atom is 0.274 e. The van der Waals surface area contributed by atoms with Crippen molar-refractivity contribution in [2.24, 2.45) is 11.7 Å². The fourth-order valence-corrected chi connectivity index (χ4v) is 11.9. The average Bonchev–Trinajstić information content (AvgIpc) is 4.11. The Kier molecular flexibility index (Phi) is 18.5. The van der Waals surface area contributed by atoms with Crippen LogP contribution in [0.2, 0.25) is 5.02 Å². The number of H-pyrrole nitrogens is 1. The Balaban J connectivity index is 0.650. The highest BCUT2D eigenvalue weighted by atomic mass is 35.5. The normalized spacial score (nSPS) is 18.1. The maximum atomic E-state index is 14.2. The number of hydrogen-bond acceptors (Lipinski definition) is 13. The second-order valence-electron chi connectivity index (χ2n) is 22.3. The monoisotopic (exact) mass is 1100 g/mol. The van der Waals surface area contributed by atoms with E-state index in [0.29, 0.717) is 88.2 Å². The number of carbonyl (C=O) groups is 4. The second-order valence-corrected chi connectivity index (χ2v) is 22.7.